The Bertz CT molecular complexity index is 452. The van der Waals surface area contributed by atoms with E-state index in [0.29, 0.717) is 12.3 Å². The topological polar surface area (TPSA) is 63.2 Å². The molecule has 1 rings (SSSR count). The second-order valence-electron chi connectivity index (χ2n) is 3.70. The van der Waals surface area contributed by atoms with Crippen molar-refractivity contribution in [2.45, 2.75) is 13.5 Å². The van der Waals surface area contributed by atoms with Gasteiger partial charge >= 0.3 is 0 Å². The van der Waals surface area contributed by atoms with Gasteiger partial charge in [0.25, 0.3) is 5.91 Å². The molecule has 0 unspecified atom stereocenters. The zero-order valence-corrected chi connectivity index (χ0v) is 10.6. The Morgan fingerprint density at radius 2 is 2.33 bits per heavy atom. The Morgan fingerprint density at radius 1 is 1.56 bits per heavy atom. The maximum Gasteiger partial charge on any atom is 0.258 e. The highest BCUT2D eigenvalue weighted by molar-refractivity contribution is 5.77. The van der Waals surface area contributed by atoms with Crippen LogP contribution in [-0.4, -0.2) is 31.1 Å². The predicted molar refractivity (Wildman–Crippen MR) is 69.1 cm³/mol. The first-order valence-electron chi connectivity index (χ1n) is 5.61. The SMILES string of the molecule is C#CCNC(=O)COc1ccc(C)nc1CNC. The Balaban J connectivity index is 2.61. The smallest absolute Gasteiger partial charge is 0.258 e. The molecular weight excluding hydrogens is 230 g/mol. The van der Waals surface area contributed by atoms with Crippen LogP contribution in [0.25, 0.3) is 0 Å². The van der Waals surface area contributed by atoms with Crippen LogP contribution in [-0.2, 0) is 11.3 Å². The summed E-state index contributed by atoms with van der Waals surface area (Å²) in [4.78, 5) is 15.7. The summed E-state index contributed by atoms with van der Waals surface area (Å²) in [7, 11) is 1.83. The van der Waals surface area contributed by atoms with Gasteiger partial charge < -0.3 is 15.4 Å². The number of hydrogen-bond donors (Lipinski definition) is 2. The van der Waals surface area contributed by atoms with Gasteiger partial charge in [0.15, 0.2) is 6.61 Å². The molecular formula is C13H17N3O2. The number of carbonyl (C=O) groups excluding carboxylic acids is 1. The minimum absolute atomic E-state index is 0.0663. The molecule has 0 radical (unpaired) electrons. The van der Waals surface area contributed by atoms with Crippen molar-refractivity contribution in [3.8, 4) is 18.1 Å². The van der Waals surface area contributed by atoms with E-state index in [1.807, 2.05) is 26.1 Å². The fraction of sp³-hybridized carbons (Fsp3) is 0.385. The highest BCUT2D eigenvalue weighted by atomic mass is 16.5. The van der Waals surface area contributed by atoms with Gasteiger partial charge in [0.05, 0.1) is 12.2 Å². The second-order valence-corrected chi connectivity index (χ2v) is 3.70. The molecule has 96 valence electrons. The van der Waals surface area contributed by atoms with Crippen molar-refractivity contribution in [3.05, 3.63) is 23.5 Å². The molecule has 1 aromatic heterocycles. The summed E-state index contributed by atoms with van der Waals surface area (Å²) in [5.41, 5.74) is 1.69. The average molecular weight is 247 g/mol. The van der Waals surface area contributed by atoms with Crippen molar-refractivity contribution >= 4 is 5.91 Å². The molecule has 0 spiro atoms. The van der Waals surface area contributed by atoms with Crippen molar-refractivity contribution in [3.63, 3.8) is 0 Å². The molecule has 0 saturated carbocycles. The minimum atomic E-state index is -0.246. The first-order valence-corrected chi connectivity index (χ1v) is 5.61. The molecule has 5 nitrogen and oxygen atoms in total. The lowest BCUT2D eigenvalue weighted by molar-refractivity contribution is -0.122. The Labute approximate surface area is 107 Å². The van der Waals surface area contributed by atoms with Crippen LogP contribution in [0, 0.1) is 19.3 Å². The lowest BCUT2D eigenvalue weighted by atomic mass is 10.3. The van der Waals surface area contributed by atoms with Gasteiger partial charge in [-0.15, -0.1) is 6.42 Å². The van der Waals surface area contributed by atoms with E-state index in [2.05, 4.69) is 21.5 Å². The number of aryl methyl sites for hydroxylation is 1. The van der Waals surface area contributed by atoms with Crippen molar-refractivity contribution in [1.82, 2.24) is 15.6 Å². The molecule has 1 heterocycles. The van der Waals surface area contributed by atoms with Gasteiger partial charge in [-0.25, -0.2) is 0 Å². The van der Waals surface area contributed by atoms with Crippen LogP contribution in [0.2, 0.25) is 0 Å². The first-order chi connectivity index (χ1) is 8.67. The lowest BCUT2D eigenvalue weighted by Crippen LogP contribution is -2.29. The first kappa shape index (κ1) is 14.0. The summed E-state index contributed by atoms with van der Waals surface area (Å²) < 4.78 is 5.42. The van der Waals surface area contributed by atoms with Crippen LogP contribution >= 0.6 is 0 Å². The van der Waals surface area contributed by atoms with Gasteiger partial charge in [0, 0.05) is 12.2 Å². The zero-order chi connectivity index (χ0) is 13.4. The van der Waals surface area contributed by atoms with E-state index in [-0.39, 0.29) is 19.1 Å². The Morgan fingerprint density at radius 3 is 3.00 bits per heavy atom. The van der Waals surface area contributed by atoms with Crippen LogP contribution in [0.1, 0.15) is 11.4 Å². The maximum atomic E-state index is 11.3. The van der Waals surface area contributed by atoms with E-state index in [1.54, 1.807) is 0 Å². The second kappa shape index (κ2) is 7.30. The van der Waals surface area contributed by atoms with Crippen molar-refractivity contribution < 1.29 is 9.53 Å². The van der Waals surface area contributed by atoms with Crippen LogP contribution < -0.4 is 15.4 Å². The molecule has 0 atom stereocenters. The quantitative estimate of drug-likeness (QED) is 0.707. The van der Waals surface area contributed by atoms with Crippen LogP contribution in [0.3, 0.4) is 0 Å². The highest BCUT2D eigenvalue weighted by Crippen LogP contribution is 2.16. The number of pyridine rings is 1. The van der Waals surface area contributed by atoms with Gasteiger partial charge in [-0.1, -0.05) is 5.92 Å². The Kier molecular flexibility index (Phi) is 5.68. The third-order valence-corrected chi connectivity index (χ3v) is 2.16. The van der Waals surface area contributed by atoms with Crippen LogP contribution in [0.4, 0.5) is 0 Å². The summed E-state index contributed by atoms with van der Waals surface area (Å²) in [6.45, 7) is 2.63. The lowest BCUT2D eigenvalue weighted by Gasteiger charge is -2.10. The van der Waals surface area contributed by atoms with Gasteiger partial charge in [-0.2, -0.15) is 0 Å². The number of ether oxygens (including phenoxy) is 1. The number of hydrogen-bond acceptors (Lipinski definition) is 4. The molecule has 0 aliphatic carbocycles. The largest absolute Gasteiger partial charge is 0.482 e. The van der Waals surface area contributed by atoms with E-state index >= 15 is 0 Å². The van der Waals surface area contributed by atoms with Crippen LogP contribution in [0.5, 0.6) is 5.75 Å². The summed E-state index contributed by atoms with van der Waals surface area (Å²) in [5.74, 6) is 2.68. The maximum absolute atomic E-state index is 11.3. The molecule has 18 heavy (non-hydrogen) atoms. The van der Waals surface area contributed by atoms with Crippen molar-refractivity contribution in [2.75, 3.05) is 20.2 Å². The van der Waals surface area contributed by atoms with Crippen LogP contribution in [0.15, 0.2) is 12.1 Å². The van der Waals surface area contributed by atoms with E-state index in [1.165, 1.54) is 0 Å². The van der Waals surface area contributed by atoms with Crippen molar-refractivity contribution in [2.24, 2.45) is 0 Å². The minimum Gasteiger partial charge on any atom is -0.482 e. The normalized spacial score (nSPS) is 9.61. The van der Waals surface area contributed by atoms with Gasteiger partial charge in [0.2, 0.25) is 0 Å². The van der Waals surface area contributed by atoms with Gasteiger partial charge in [-0.05, 0) is 26.1 Å². The van der Waals surface area contributed by atoms with E-state index in [9.17, 15) is 4.79 Å². The third-order valence-electron chi connectivity index (χ3n) is 2.16. The summed E-state index contributed by atoms with van der Waals surface area (Å²) in [6.07, 6.45) is 5.04. The molecule has 0 aromatic carbocycles. The van der Waals surface area contributed by atoms with Gasteiger partial charge in [-0.3, -0.25) is 9.78 Å². The zero-order valence-electron chi connectivity index (χ0n) is 10.6. The van der Waals surface area contributed by atoms with E-state index in [0.717, 1.165) is 11.4 Å². The molecule has 2 N–H and O–H groups in total. The standard InChI is InChI=1S/C13H17N3O2/c1-4-7-15-13(17)9-18-12-6-5-10(2)16-11(12)8-14-3/h1,5-6,14H,7-9H2,2-3H3,(H,15,17). The molecule has 0 fully saturated rings. The molecule has 0 bridgehead atoms. The fourth-order valence-corrected chi connectivity index (χ4v) is 1.37. The summed E-state index contributed by atoms with van der Waals surface area (Å²) >= 11 is 0. The molecule has 5 heteroatoms. The number of nitrogens with zero attached hydrogens (tertiary/aromatic N) is 1. The molecule has 0 aliphatic rings. The highest BCUT2D eigenvalue weighted by Gasteiger charge is 2.07. The summed E-state index contributed by atoms with van der Waals surface area (Å²) in [5, 5.41) is 5.53. The molecule has 0 saturated heterocycles. The number of aromatic nitrogens is 1. The third kappa shape index (κ3) is 4.44. The fourth-order valence-electron chi connectivity index (χ4n) is 1.37. The number of rotatable bonds is 6. The van der Waals surface area contributed by atoms with E-state index in [4.69, 9.17) is 11.2 Å². The predicted octanol–water partition coefficient (Wildman–Crippen LogP) is 0.238. The van der Waals surface area contributed by atoms with Crippen molar-refractivity contribution in [1.29, 1.82) is 0 Å². The molecule has 1 amide bonds. The summed E-state index contributed by atoms with van der Waals surface area (Å²) in [6, 6.07) is 3.65. The van der Waals surface area contributed by atoms with E-state index < -0.39 is 0 Å². The molecule has 0 aliphatic heterocycles. The average Bonchev–Trinajstić information content (AvgIpc) is 2.36. The molecule has 1 aromatic rings. The number of amides is 1. The monoisotopic (exact) mass is 247 g/mol. The van der Waals surface area contributed by atoms with Gasteiger partial charge in [0.1, 0.15) is 5.75 Å². The number of nitrogens with one attached hydrogen (secondary N) is 2. The number of terminal acetylenes is 1. The Hall–Kier alpha value is -2.06. The number of carbonyl (C=O) groups is 1.